The summed E-state index contributed by atoms with van der Waals surface area (Å²) < 4.78 is 25.1. The van der Waals surface area contributed by atoms with E-state index in [4.69, 9.17) is 0 Å². The topological polar surface area (TPSA) is 41.8 Å². The molecule has 1 aromatic rings. The Kier molecular flexibility index (Phi) is 5.17. The van der Waals surface area contributed by atoms with Crippen molar-refractivity contribution in [2.45, 2.75) is 11.8 Å². The molecule has 0 aliphatic carbocycles. The molecule has 1 unspecified atom stereocenters. The first-order valence-corrected chi connectivity index (χ1v) is 7.23. The number of sulfonamides is 1. The van der Waals surface area contributed by atoms with Gasteiger partial charge in [-0.2, -0.15) is 12.7 Å². The number of hydrogen-bond acceptors (Lipinski definition) is 3. The highest BCUT2D eigenvalue weighted by Crippen LogP contribution is 2.08. The zero-order valence-corrected chi connectivity index (χ0v) is 12.3. The second-order valence-corrected chi connectivity index (χ2v) is 6.32. The molecule has 19 heavy (non-hydrogen) atoms. The Morgan fingerprint density at radius 1 is 1.37 bits per heavy atom. The van der Waals surface area contributed by atoms with E-state index in [0.29, 0.717) is 22.4 Å². The smallest absolute Gasteiger partial charge is 0.331 e. The van der Waals surface area contributed by atoms with Crippen LogP contribution in [0.4, 0.5) is 0 Å². The van der Waals surface area contributed by atoms with Crippen LogP contribution in [0.5, 0.6) is 0 Å². The van der Waals surface area contributed by atoms with Gasteiger partial charge in [0.15, 0.2) is 6.67 Å². The van der Waals surface area contributed by atoms with Gasteiger partial charge in [0.2, 0.25) is 0 Å². The lowest BCUT2D eigenvalue weighted by Crippen LogP contribution is -3.09. The van der Waals surface area contributed by atoms with Gasteiger partial charge in [0.05, 0.1) is 6.20 Å². The maximum atomic E-state index is 12.4. The maximum absolute atomic E-state index is 12.4. The van der Waals surface area contributed by atoms with Gasteiger partial charge in [0.25, 0.3) is 0 Å². The first-order valence-electron chi connectivity index (χ1n) is 5.75. The van der Waals surface area contributed by atoms with E-state index in [0.717, 1.165) is 5.56 Å². The van der Waals surface area contributed by atoms with Crippen LogP contribution in [0.1, 0.15) is 5.56 Å². The number of rotatable bonds is 4. The number of nitrogens with one attached hydrogen (secondary N) is 1. The van der Waals surface area contributed by atoms with E-state index in [2.05, 4.69) is 6.58 Å². The second kappa shape index (κ2) is 6.23. The van der Waals surface area contributed by atoms with Crippen molar-refractivity contribution in [3.05, 3.63) is 54.9 Å². The summed E-state index contributed by atoms with van der Waals surface area (Å²) in [5.74, 6) is 0. The molecule has 0 aromatic heterocycles. The lowest BCUT2D eigenvalue weighted by atomic mass is 10.2. The minimum atomic E-state index is -3.35. The van der Waals surface area contributed by atoms with Gasteiger partial charge in [-0.05, 0) is 19.1 Å². The van der Waals surface area contributed by atoms with Crippen molar-refractivity contribution in [3.63, 3.8) is 0 Å². The third-order valence-electron chi connectivity index (χ3n) is 2.87. The van der Waals surface area contributed by atoms with Crippen molar-refractivity contribution in [3.8, 4) is 0 Å². The van der Waals surface area contributed by atoms with Crippen LogP contribution in [0.25, 0.3) is 0 Å². The zero-order chi connectivity index (χ0) is 13.2. The third-order valence-corrected chi connectivity index (χ3v) is 4.72. The van der Waals surface area contributed by atoms with Gasteiger partial charge in [0, 0.05) is 6.54 Å². The maximum Gasteiger partial charge on any atom is 0.331 e. The second-order valence-electron chi connectivity index (χ2n) is 4.32. The molecule has 4 nitrogen and oxygen atoms in total. The number of hydrogen-bond donors (Lipinski definition) is 1. The fourth-order valence-electron chi connectivity index (χ4n) is 1.83. The molecule has 1 aliphatic heterocycles. The molecular weight excluding hydrogens is 284 g/mol. The average molecular weight is 301 g/mol. The number of benzene rings is 1. The quantitative estimate of drug-likeness (QED) is 0.625. The van der Waals surface area contributed by atoms with E-state index in [1.807, 2.05) is 24.0 Å². The number of quaternary nitrogens is 1. The molecule has 0 fully saturated rings. The summed E-state index contributed by atoms with van der Waals surface area (Å²) in [6, 6.07) is 6.94. The van der Waals surface area contributed by atoms with Crippen LogP contribution in [0.3, 0.4) is 0 Å². The summed E-state index contributed by atoms with van der Waals surface area (Å²) in [6.45, 7) is 6.66. The summed E-state index contributed by atoms with van der Waals surface area (Å²) in [5.41, 5.74) is 1.05. The first-order chi connectivity index (χ1) is 8.54. The summed E-state index contributed by atoms with van der Waals surface area (Å²) in [5, 5.41) is 0. The van der Waals surface area contributed by atoms with Gasteiger partial charge in [-0.15, -0.1) is 6.58 Å². The van der Waals surface area contributed by atoms with Crippen LogP contribution >= 0.6 is 0 Å². The van der Waals surface area contributed by atoms with E-state index in [-0.39, 0.29) is 12.4 Å². The lowest BCUT2D eigenvalue weighted by Gasteiger charge is -2.15. The summed E-state index contributed by atoms with van der Waals surface area (Å²) in [4.78, 5) is 2.27. The molecule has 0 amide bonds. The molecule has 1 aromatic carbocycles. The highest BCUT2D eigenvalue weighted by atomic mass is 35.5. The Labute approximate surface area is 120 Å². The van der Waals surface area contributed by atoms with Crippen molar-refractivity contribution >= 4 is 10.0 Å². The molecule has 1 heterocycles. The van der Waals surface area contributed by atoms with Gasteiger partial charge >= 0.3 is 10.0 Å². The monoisotopic (exact) mass is 300 g/mol. The predicted octanol–water partition coefficient (Wildman–Crippen LogP) is -2.50. The number of nitrogens with zero attached hydrogens (tertiary/aromatic N) is 1. The van der Waals surface area contributed by atoms with E-state index in [9.17, 15) is 8.42 Å². The molecule has 104 valence electrons. The fourth-order valence-corrected chi connectivity index (χ4v) is 3.20. The predicted molar refractivity (Wildman–Crippen MR) is 70.2 cm³/mol. The summed E-state index contributed by atoms with van der Waals surface area (Å²) in [6.07, 6.45) is 5.22. The molecule has 0 spiro atoms. The standard InChI is InChI=1S/C13H16N2O2S.ClH/c1-3-8-14-9-10-15(11-14)18(16,17)13-6-4-12(2)5-7-13;/h3-7,9-10H,1,8,11H2,2H3;1H. The molecule has 0 radical (unpaired) electrons. The van der Waals surface area contributed by atoms with Crippen LogP contribution < -0.4 is 16.7 Å². The summed E-state index contributed by atoms with van der Waals surface area (Å²) in [7, 11) is -3.35. The Bertz CT molecular complexity index is 567. The van der Waals surface area contributed by atoms with Crippen LogP contribution in [-0.4, -0.2) is 26.5 Å². The highest BCUT2D eigenvalue weighted by Gasteiger charge is 2.31. The Morgan fingerprint density at radius 2 is 2.00 bits per heavy atom. The van der Waals surface area contributed by atoms with Gasteiger partial charge in [-0.3, -0.25) is 0 Å². The van der Waals surface area contributed by atoms with E-state index in [1.165, 1.54) is 0 Å². The molecule has 0 saturated carbocycles. The van der Waals surface area contributed by atoms with Crippen LogP contribution in [-0.2, 0) is 10.0 Å². The summed E-state index contributed by atoms with van der Waals surface area (Å²) >= 11 is 0. The average Bonchev–Trinajstić information content (AvgIpc) is 2.79. The van der Waals surface area contributed by atoms with Crippen LogP contribution in [0.15, 0.2) is 54.2 Å². The largest absolute Gasteiger partial charge is 1.00 e. The fraction of sp³-hybridized carbons (Fsp3) is 0.231. The third kappa shape index (κ3) is 3.37. The zero-order valence-electron chi connectivity index (χ0n) is 10.7. The molecule has 1 aliphatic rings. The highest BCUT2D eigenvalue weighted by molar-refractivity contribution is 7.85. The van der Waals surface area contributed by atoms with Crippen molar-refractivity contribution in [2.75, 3.05) is 13.2 Å². The van der Waals surface area contributed by atoms with E-state index >= 15 is 0 Å². The van der Waals surface area contributed by atoms with Gasteiger partial charge in [0.1, 0.15) is 11.1 Å². The van der Waals surface area contributed by atoms with Crippen molar-refractivity contribution in [1.82, 2.24) is 4.90 Å². The molecule has 1 atom stereocenters. The molecular formula is C13H17ClN2O2S. The number of aryl methyl sites for hydroxylation is 1. The van der Waals surface area contributed by atoms with Crippen LogP contribution in [0, 0.1) is 6.92 Å². The van der Waals surface area contributed by atoms with Crippen molar-refractivity contribution in [1.29, 1.82) is 0 Å². The minimum Gasteiger partial charge on any atom is -1.00 e. The molecule has 0 saturated heterocycles. The van der Waals surface area contributed by atoms with Gasteiger partial charge < -0.3 is 17.3 Å². The minimum absolute atomic E-state index is 0. The lowest BCUT2D eigenvalue weighted by molar-refractivity contribution is -0.709. The Balaban J connectivity index is 0.00000180. The molecule has 1 N–H and O–H groups in total. The molecule has 0 bridgehead atoms. The number of halogens is 1. The molecule has 6 heteroatoms. The Morgan fingerprint density at radius 3 is 2.58 bits per heavy atom. The van der Waals surface area contributed by atoms with E-state index in [1.54, 1.807) is 30.6 Å². The van der Waals surface area contributed by atoms with Gasteiger partial charge in [-0.25, -0.2) is 0 Å². The first kappa shape index (κ1) is 15.8. The van der Waals surface area contributed by atoms with E-state index < -0.39 is 10.0 Å². The van der Waals surface area contributed by atoms with Crippen molar-refractivity contribution < 1.29 is 25.1 Å². The van der Waals surface area contributed by atoms with Gasteiger partial charge in [-0.1, -0.05) is 23.8 Å². The SMILES string of the molecule is C=CCN1C=C[NH+](S(=O)(=O)c2ccc(C)cc2)C1.[Cl-]. The van der Waals surface area contributed by atoms with Crippen LogP contribution in [0.2, 0.25) is 0 Å². The normalized spacial score (nSPS) is 18.2. The van der Waals surface area contributed by atoms with Crippen molar-refractivity contribution in [2.24, 2.45) is 0 Å². The Hall–Kier alpha value is -1.30. The molecule has 2 rings (SSSR count).